The average molecular weight is 360 g/mol. The molecule has 144 valence electrons. The summed E-state index contributed by atoms with van der Waals surface area (Å²) in [4.78, 5) is 29.7. The van der Waals surface area contributed by atoms with E-state index in [9.17, 15) is 14.7 Å². The Kier molecular flexibility index (Phi) is 3.58. The molecule has 0 aromatic carbocycles. The van der Waals surface area contributed by atoms with E-state index in [1.165, 1.54) is 6.42 Å². The SMILES string of the molecule is CN1CCCC2(CCN(C(=O)CC34CC5CC(CC(O)(C5)C3)C4)C2)C1=O. The van der Waals surface area contributed by atoms with Crippen molar-refractivity contribution in [1.29, 1.82) is 0 Å². The Morgan fingerprint density at radius 1 is 1.15 bits per heavy atom. The number of amides is 2. The van der Waals surface area contributed by atoms with E-state index in [-0.39, 0.29) is 22.6 Å². The summed E-state index contributed by atoms with van der Waals surface area (Å²) in [6.07, 6.45) is 9.61. The summed E-state index contributed by atoms with van der Waals surface area (Å²) < 4.78 is 0. The van der Waals surface area contributed by atoms with E-state index in [4.69, 9.17) is 0 Å². The average Bonchev–Trinajstić information content (AvgIpc) is 2.95. The quantitative estimate of drug-likeness (QED) is 0.821. The minimum atomic E-state index is -0.501. The molecule has 2 saturated heterocycles. The molecule has 2 heterocycles. The zero-order valence-electron chi connectivity index (χ0n) is 16.0. The first-order valence-corrected chi connectivity index (χ1v) is 10.6. The summed E-state index contributed by atoms with van der Waals surface area (Å²) in [6.45, 7) is 2.19. The topological polar surface area (TPSA) is 60.9 Å². The third-order valence-electron chi connectivity index (χ3n) is 8.33. The Bertz CT molecular complexity index is 633. The summed E-state index contributed by atoms with van der Waals surface area (Å²) in [5, 5.41) is 10.9. The molecule has 6 aliphatic rings. The Morgan fingerprint density at radius 2 is 1.88 bits per heavy atom. The molecule has 0 radical (unpaired) electrons. The summed E-state index contributed by atoms with van der Waals surface area (Å²) in [5.41, 5.74) is -0.792. The van der Waals surface area contributed by atoms with Crippen molar-refractivity contribution in [3.63, 3.8) is 0 Å². The first-order chi connectivity index (χ1) is 12.3. The lowest BCUT2D eigenvalue weighted by molar-refractivity contribution is -0.171. The van der Waals surface area contributed by atoms with Crippen molar-refractivity contribution in [3.05, 3.63) is 0 Å². The van der Waals surface area contributed by atoms with Gasteiger partial charge in [0.1, 0.15) is 0 Å². The summed E-state index contributed by atoms with van der Waals surface area (Å²) in [6, 6.07) is 0. The van der Waals surface area contributed by atoms with Crippen LogP contribution in [-0.4, -0.2) is 59.0 Å². The summed E-state index contributed by atoms with van der Waals surface area (Å²) >= 11 is 0. The molecule has 1 spiro atoms. The van der Waals surface area contributed by atoms with Crippen LogP contribution in [0.2, 0.25) is 0 Å². The molecule has 4 aliphatic carbocycles. The molecule has 3 atom stereocenters. The van der Waals surface area contributed by atoms with Crippen molar-refractivity contribution >= 4 is 11.8 Å². The van der Waals surface area contributed by atoms with E-state index in [2.05, 4.69) is 0 Å². The molecule has 0 aromatic heterocycles. The van der Waals surface area contributed by atoms with Crippen LogP contribution in [0.4, 0.5) is 0 Å². The van der Waals surface area contributed by atoms with Crippen LogP contribution in [0.1, 0.15) is 64.2 Å². The van der Waals surface area contributed by atoms with Crippen molar-refractivity contribution in [1.82, 2.24) is 9.80 Å². The maximum atomic E-state index is 13.2. The second-order valence-corrected chi connectivity index (χ2v) is 10.5. The van der Waals surface area contributed by atoms with Gasteiger partial charge < -0.3 is 14.9 Å². The number of carbonyl (C=O) groups is 2. The number of aliphatic hydroxyl groups is 1. The number of hydrogen-bond donors (Lipinski definition) is 1. The number of piperidine rings is 1. The lowest BCUT2D eigenvalue weighted by Gasteiger charge is -2.60. The Labute approximate surface area is 156 Å². The molecule has 1 N–H and O–H groups in total. The predicted molar refractivity (Wildman–Crippen MR) is 97.2 cm³/mol. The normalized spacial score (nSPS) is 47.2. The standard InChI is InChI=1S/C21H32N2O3/c1-22-5-2-3-20(18(22)25)4-6-23(14-20)17(24)12-19-8-15-7-16(9-19)11-21(26,10-15)13-19/h15-16,26H,2-14H2,1H3. The maximum absolute atomic E-state index is 13.2. The van der Waals surface area contributed by atoms with Gasteiger partial charge in [0.05, 0.1) is 11.0 Å². The van der Waals surface area contributed by atoms with E-state index in [0.29, 0.717) is 24.8 Å². The van der Waals surface area contributed by atoms with E-state index < -0.39 is 5.60 Å². The second-order valence-electron chi connectivity index (χ2n) is 10.5. The van der Waals surface area contributed by atoms with Gasteiger partial charge in [-0.15, -0.1) is 0 Å². The molecule has 4 saturated carbocycles. The van der Waals surface area contributed by atoms with Crippen LogP contribution in [0, 0.1) is 22.7 Å². The second kappa shape index (κ2) is 5.46. The highest BCUT2D eigenvalue weighted by molar-refractivity contribution is 5.86. The minimum Gasteiger partial charge on any atom is -0.390 e. The van der Waals surface area contributed by atoms with E-state index >= 15 is 0 Å². The molecule has 3 unspecified atom stereocenters. The highest BCUT2D eigenvalue weighted by Gasteiger charge is 2.58. The maximum Gasteiger partial charge on any atom is 0.230 e. The van der Waals surface area contributed by atoms with Gasteiger partial charge in [0, 0.05) is 33.1 Å². The Balaban J connectivity index is 1.29. The molecular formula is C21H32N2O3. The molecular weight excluding hydrogens is 328 g/mol. The molecule has 5 heteroatoms. The largest absolute Gasteiger partial charge is 0.390 e. The molecule has 6 fully saturated rings. The lowest BCUT2D eigenvalue weighted by atomic mass is 9.47. The summed E-state index contributed by atoms with van der Waals surface area (Å²) in [7, 11) is 1.89. The molecule has 6 rings (SSSR count). The molecule has 2 aliphatic heterocycles. The van der Waals surface area contributed by atoms with Gasteiger partial charge in [0.15, 0.2) is 0 Å². The molecule has 5 nitrogen and oxygen atoms in total. The van der Waals surface area contributed by atoms with Crippen LogP contribution < -0.4 is 0 Å². The van der Waals surface area contributed by atoms with Crippen molar-refractivity contribution in [2.24, 2.45) is 22.7 Å². The molecule has 26 heavy (non-hydrogen) atoms. The number of hydrogen-bond acceptors (Lipinski definition) is 3. The van der Waals surface area contributed by atoms with E-state index in [0.717, 1.165) is 64.5 Å². The first-order valence-electron chi connectivity index (χ1n) is 10.6. The fourth-order valence-electron chi connectivity index (χ4n) is 7.77. The summed E-state index contributed by atoms with van der Waals surface area (Å²) in [5.74, 6) is 1.71. The van der Waals surface area contributed by atoms with Gasteiger partial charge in [-0.3, -0.25) is 9.59 Å². The van der Waals surface area contributed by atoms with Gasteiger partial charge in [0.2, 0.25) is 11.8 Å². The van der Waals surface area contributed by atoms with Crippen LogP contribution in [0.5, 0.6) is 0 Å². The van der Waals surface area contributed by atoms with Crippen LogP contribution >= 0.6 is 0 Å². The zero-order chi connectivity index (χ0) is 18.2. The fourth-order valence-corrected chi connectivity index (χ4v) is 7.77. The number of likely N-dealkylation sites (tertiary alicyclic amines) is 2. The van der Waals surface area contributed by atoms with Gasteiger partial charge >= 0.3 is 0 Å². The van der Waals surface area contributed by atoms with Gasteiger partial charge in [0.25, 0.3) is 0 Å². The van der Waals surface area contributed by atoms with Crippen molar-refractivity contribution < 1.29 is 14.7 Å². The smallest absolute Gasteiger partial charge is 0.230 e. The van der Waals surface area contributed by atoms with Gasteiger partial charge in [-0.25, -0.2) is 0 Å². The van der Waals surface area contributed by atoms with Crippen molar-refractivity contribution in [3.8, 4) is 0 Å². The number of nitrogens with zero attached hydrogens (tertiary/aromatic N) is 2. The fraction of sp³-hybridized carbons (Fsp3) is 0.905. The number of rotatable bonds is 2. The van der Waals surface area contributed by atoms with E-state index in [1.54, 1.807) is 0 Å². The molecule has 4 bridgehead atoms. The van der Waals surface area contributed by atoms with Crippen LogP contribution in [-0.2, 0) is 9.59 Å². The Morgan fingerprint density at radius 3 is 2.58 bits per heavy atom. The van der Waals surface area contributed by atoms with Crippen LogP contribution in [0.25, 0.3) is 0 Å². The minimum absolute atomic E-state index is 0.0268. The van der Waals surface area contributed by atoms with Gasteiger partial charge in [-0.1, -0.05) is 0 Å². The van der Waals surface area contributed by atoms with E-state index in [1.807, 2.05) is 16.8 Å². The Hall–Kier alpha value is -1.10. The monoisotopic (exact) mass is 360 g/mol. The lowest BCUT2D eigenvalue weighted by Crippen LogP contribution is -2.56. The van der Waals surface area contributed by atoms with Crippen LogP contribution in [0.15, 0.2) is 0 Å². The number of carbonyl (C=O) groups excluding carboxylic acids is 2. The van der Waals surface area contributed by atoms with Crippen molar-refractivity contribution in [2.45, 2.75) is 69.8 Å². The van der Waals surface area contributed by atoms with Crippen molar-refractivity contribution in [2.75, 3.05) is 26.7 Å². The van der Waals surface area contributed by atoms with Gasteiger partial charge in [-0.05, 0) is 75.0 Å². The highest BCUT2D eigenvalue weighted by atomic mass is 16.3. The van der Waals surface area contributed by atoms with Gasteiger partial charge in [-0.2, -0.15) is 0 Å². The molecule has 2 amide bonds. The van der Waals surface area contributed by atoms with Crippen LogP contribution in [0.3, 0.4) is 0 Å². The zero-order valence-corrected chi connectivity index (χ0v) is 16.0. The predicted octanol–water partition coefficient (Wildman–Crippen LogP) is 2.18. The third kappa shape index (κ3) is 2.53. The molecule has 0 aromatic rings. The highest BCUT2D eigenvalue weighted by Crippen LogP contribution is 2.63. The first kappa shape index (κ1) is 17.0. The third-order valence-corrected chi connectivity index (χ3v) is 8.33.